The number of nitrogens with one attached hydrogen (secondary N) is 1. The molecule has 6 heteroatoms. The van der Waals surface area contributed by atoms with E-state index < -0.39 is 0 Å². The number of imidazole rings is 1. The molecule has 4 rings (SSSR count). The van der Waals surface area contributed by atoms with E-state index >= 15 is 0 Å². The number of ether oxygens (including phenoxy) is 1. The summed E-state index contributed by atoms with van der Waals surface area (Å²) in [5.74, 6) is 1.63. The van der Waals surface area contributed by atoms with Crippen molar-refractivity contribution in [2.45, 2.75) is 32.1 Å². The van der Waals surface area contributed by atoms with Gasteiger partial charge in [-0.15, -0.1) is 0 Å². The van der Waals surface area contributed by atoms with Gasteiger partial charge in [-0.05, 0) is 30.9 Å². The Hall–Kier alpha value is -2.37. The van der Waals surface area contributed by atoms with Gasteiger partial charge in [0.2, 0.25) is 5.91 Å². The number of carbonyl (C=O) groups is 2. The largest absolute Gasteiger partial charge is 0.465 e. The fourth-order valence-electron chi connectivity index (χ4n) is 3.83. The summed E-state index contributed by atoms with van der Waals surface area (Å²) in [7, 11) is 0. The zero-order valence-electron chi connectivity index (χ0n) is 14.2. The SMILES string of the molecule is O=C1CC(CC(=O)N2CCC(Cc3nc4ccccc4[nH]3)CC2)CO1. The molecule has 1 amide bonds. The lowest BCUT2D eigenvalue weighted by Gasteiger charge is -2.32. The molecule has 1 atom stereocenters. The smallest absolute Gasteiger partial charge is 0.306 e. The first-order valence-corrected chi connectivity index (χ1v) is 9.04. The van der Waals surface area contributed by atoms with Crippen LogP contribution in [0, 0.1) is 11.8 Å². The van der Waals surface area contributed by atoms with Crippen LogP contribution in [0.5, 0.6) is 0 Å². The first kappa shape index (κ1) is 16.1. The number of benzene rings is 1. The van der Waals surface area contributed by atoms with E-state index in [-0.39, 0.29) is 17.8 Å². The summed E-state index contributed by atoms with van der Waals surface area (Å²) in [5, 5.41) is 0. The zero-order chi connectivity index (χ0) is 17.2. The summed E-state index contributed by atoms with van der Waals surface area (Å²) in [6, 6.07) is 8.08. The third kappa shape index (κ3) is 3.67. The summed E-state index contributed by atoms with van der Waals surface area (Å²) in [6.07, 6.45) is 3.75. The van der Waals surface area contributed by atoms with Crippen LogP contribution >= 0.6 is 0 Å². The zero-order valence-corrected chi connectivity index (χ0v) is 14.2. The fraction of sp³-hybridized carbons (Fsp3) is 0.526. The monoisotopic (exact) mass is 341 g/mol. The molecule has 2 aromatic rings. The number of esters is 1. The molecular formula is C19H23N3O3. The molecule has 0 saturated carbocycles. The number of carbonyl (C=O) groups excluding carboxylic acids is 2. The highest BCUT2D eigenvalue weighted by Gasteiger charge is 2.29. The highest BCUT2D eigenvalue weighted by molar-refractivity contribution is 5.78. The van der Waals surface area contributed by atoms with E-state index in [9.17, 15) is 9.59 Å². The van der Waals surface area contributed by atoms with Crippen molar-refractivity contribution in [3.63, 3.8) is 0 Å². The number of hydrogen-bond acceptors (Lipinski definition) is 4. The molecule has 0 aliphatic carbocycles. The number of para-hydroxylation sites is 2. The normalized spacial score (nSPS) is 21.7. The van der Waals surface area contributed by atoms with Gasteiger partial charge in [-0.1, -0.05) is 12.1 Å². The predicted molar refractivity (Wildman–Crippen MR) is 92.8 cm³/mol. The quantitative estimate of drug-likeness (QED) is 0.866. The number of rotatable bonds is 4. The van der Waals surface area contributed by atoms with Crippen LogP contribution in [-0.4, -0.2) is 46.4 Å². The Bertz CT molecular complexity index is 744. The molecule has 0 bridgehead atoms. The highest BCUT2D eigenvalue weighted by Crippen LogP contribution is 2.24. The molecule has 2 aliphatic rings. The van der Waals surface area contributed by atoms with E-state index in [0.717, 1.165) is 49.2 Å². The maximum atomic E-state index is 12.4. The molecule has 1 unspecified atom stereocenters. The first-order valence-electron chi connectivity index (χ1n) is 9.04. The Morgan fingerprint density at radius 1 is 1.24 bits per heavy atom. The lowest BCUT2D eigenvalue weighted by atomic mass is 9.92. The van der Waals surface area contributed by atoms with Gasteiger partial charge in [-0.25, -0.2) is 4.98 Å². The first-order chi connectivity index (χ1) is 12.2. The lowest BCUT2D eigenvalue weighted by Crippen LogP contribution is -2.39. The molecular weight excluding hydrogens is 318 g/mol. The Labute approximate surface area is 146 Å². The van der Waals surface area contributed by atoms with Crippen LogP contribution in [0.3, 0.4) is 0 Å². The molecule has 3 heterocycles. The minimum absolute atomic E-state index is 0.0632. The molecule has 1 aromatic carbocycles. The van der Waals surface area contributed by atoms with Gasteiger partial charge in [0.15, 0.2) is 0 Å². The average Bonchev–Trinajstić information content (AvgIpc) is 3.20. The molecule has 2 aliphatic heterocycles. The molecule has 0 radical (unpaired) electrons. The summed E-state index contributed by atoms with van der Waals surface area (Å²) >= 11 is 0. The van der Waals surface area contributed by atoms with E-state index in [1.54, 1.807) is 0 Å². The van der Waals surface area contributed by atoms with Crippen molar-refractivity contribution >= 4 is 22.9 Å². The highest BCUT2D eigenvalue weighted by atomic mass is 16.5. The van der Waals surface area contributed by atoms with Crippen molar-refractivity contribution in [3.05, 3.63) is 30.1 Å². The van der Waals surface area contributed by atoms with Crippen molar-refractivity contribution in [1.82, 2.24) is 14.9 Å². The predicted octanol–water partition coefficient (Wildman–Crippen LogP) is 2.30. The molecule has 132 valence electrons. The molecule has 2 saturated heterocycles. The number of piperidine rings is 1. The van der Waals surface area contributed by atoms with Gasteiger partial charge in [-0.2, -0.15) is 0 Å². The van der Waals surface area contributed by atoms with Crippen molar-refractivity contribution in [3.8, 4) is 0 Å². The van der Waals surface area contributed by atoms with E-state index in [1.807, 2.05) is 29.2 Å². The summed E-state index contributed by atoms with van der Waals surface area (Å²) in [5.41, 5.74) is 2.09. The van der Waals surface area contributed by atoms with Gasteiger partial charge >= 0.3 is 5.97 Å². The van der Waals surface area contributed by atoms with Crippen LogP contribution < -0.4 is 0 Å². The third-order valence-electron chi connectivity index (χ3n) is 5.29. The van der Waals surface area contributed by atoms with Crippen LogP contribution in [-0.2, 0) is 20.7 Å². The number of aromatic nitrogens is 2. The second kappa shape index (κ2) is 6.86. The lowest BCUT2D eigenvalue weighted by molar-refractivity contribution is -0.138. The van der Waals surface area contributed by atoms with Crippen molar-refractivity contribution in [2.75, 3.05) is 19.7 Å². The van der Waals surface area contributed by atoms with Gasteiger partial charge in [0.1, 0.15) is 5.82 Å². The number of likely N-dealkylation sites (tertiary alicyclic amines) is 1. The van der Waals surface area contributed by atoms with E-state index in [1.165, 1.54) is 0 Å². The second-order valence-corrected chi connectivity index (χ2v) is 7.19. The van der Waals surface area contributed by atoms with Crippen LogP contribution in [0.15, 0.2) is 24.3 Å². The molecule has 25 heavy (non-hydrogen) atoms. The maximum absolute atomic E-state index is 12.4. The Morgan fingerprint density at radius 3 is 2.76 bits per heavy atom. The van der Waals surface area contributed by atoms with Gasteiger partial charge in [0.05, 0.1) is 24.1 Å². The molecule has 1 N–H and O–H groups in total. The Balaban J connectivity index is 1.27. The minimum atomic E-state index is -0.178. The molecule has 2 fully saturated rings. The van der Waals surface area contributed by atoms with Gasteiger partial charge in [-0.3, -0.25) is 9.59 Å². The standard InChI is InChI=1S/C19H23N3O3/c23-18(10-14-11-19(24)25-12-14)22-7-5-13(6-8-22)9-17-20-15-3-1-2-4-16(15)21-17/h1-4,13-14H,5-12H2,(H,20,21). The van der Waals surface area contributed by atoms with E-state index in [4.69, 9.17) is 4.74 Å². The van der Waals surface area contributed by atoms with Crippen LogP contribution in [0.1, 0.15) is 31.5 Å². The number of hydrogen-bond donors (Lipinski definition) is 1. The van der Waals surface area contributed by atoms with Crippen molar-refractivity contribution in [1.29, 1.82) is 0 Å². The van der Waals surface area contributed by atoms with Gasteiger partial charge in [0.25, 0.3) is 0 Å². The van der Waals surface area contributed by atoms with Crippen LogP contribution in [0.2, 0.25) is 0 Å². The topological polar surface area (TPSA) is 75.3 Å². The van der Waals surface area contributed by atoms with Gasteiger partial charge < -0.3 is 14.6 Å². The second-order valence-electron chi connectivity index (χ2n) is 7.19. The Morgan fingerprint density at radius 2 is 2.04 bits per heavy atom. The van der Waals surface area contributed by atoms with Crippen LogP contribution in [0.4, 0.5) is 0 Å². The number of fused-ring (bicyclic) bond motifs is 1. The number of H-pyrrole nitrogens is 1. The number of amides is 1. The minimum Gasteiger partial charge on any atom is -0.465 e. The molecule has 6 nitrogen and oxygen atoms in total. The van der Waals surface area contributed by atoms with E-state index in [0.29, 0.717) is 25.4 Å². The maximum Gasteiger partial charge on any atom is 0.306 e. The molecule has 0 spiro atoms. The summed E-state index contributed by atoms with van der Waals surface area (Å²) < 4.78 is 4.94. The summed E-state index contributed by atoms with van der Waals surface area (Å²) in [4.78, 5) is 33.5. The summed E-state index contributed by atoms with van der Waals surface area (Å²) in [6.45, 7) is 1.99. The van der Waals surface area contributed by atoms with Crippen molar-refractivity contribution in [2.24, 2.45) is 11.8 Å². The van der Waals surface area contributed by atoms with E-state index in [2.05, 4.69) is 9.97 Å². The van der Waals surface area contributed by atoms with Crippen LogP contribution in [0.25, 0.3) is 11.0 Å². The number of nitrogens with zero attached hydrogens (tertiary/aromatic N) is 2. The third-order valence-corrected chi connectivity index (χ3v) is 5.29. The number of aromatic amines is 1. The Kier molecular flexibility index (Phi) is 4.42. The van der Waals surface area contributed by atoms with Crippen molar-refractivity contribution < 1.29 is 14.3 Å². The van der Waals surface area contributed by atoms with Gasteiger partial charge in [0, 0.05) is 31.8 Å². The number of cyclic esters (lactones) is 1. The fourth-order valence-corrected chi connectivity index (χ4v) is 3.83. The molecule has 1 aromatic heterocycles. The average molecular weight is 341 g/mol.